The Morgan fingerprint density at radius 3 is 2.29 bits per heavy atom. The van der Waals surface area contributed by atoms with Crippen molar-refractivity contribution >= 4 is 11.6 Å². The van der Waals surface area contributed by atoms with Gasteiger partial charge in [0.15, 0.2) is 6.61 Å². The first-order valence-corrected chi connectivity index (χ1v) is 6.24. The van der Waals surface area contributed by atoms with Crippen LogP contribution in [0, 0.1) is 5.82 Å². The van der Waals surface area contributed by atoms with Gasteiger partial charge in [0.2, 0.25) is 0 Å². The first kappa shape index (κ1) is 14.6. The smallest absolute Gasteiger partial charge is 0.276 e. The molecule has 2 rings (SSSR count). The number of methoxy groups -OCH3 is 1. The lowest BCUT2D eigenvalue weighted by molar-refractivity contribution is -0.122. The third-order valence-corrected chi connectivity index (χ3v) is 2.62. The summed E-state index contributed by atoms with van der Waals surface area (Å²) in [5, 5.41) is 0. The van der Waals surface area contributed by atoms with Gasteiger partial charge in [-0.15, -0.1) is 0 Å². The highest BCUT2D eigenvalue weighted by molar-refractivity contribution is 5.78. The molecule has 1 amide bonds. The van der Waals surface area contributed by atoms with Crippen LogP contribution >= 0.6 is 0 Å². The zero-order valence-electron chi connectivity index (χ0n) is 11.4. The predicted octanol–water partition coefficient (Wildman–Crippen LogP) is 2.36. The Balaban J connectivity index is 1.75. The van der Waals surface area contributed by atoms with E-state index >= 15 is 0 Å². The number of anilines is 1. The number of carbonyl (C=O) groups is 1. The van der Waals surface area contributed by atoms with E-state index in [0.29, 0.717) is 17.2 Å². The van der Waals surface area contributed by atoms with Crippen molar-refractivity contribution in [1.82, 2.24) is 5.43 Å². The van der Waals surface area contributed by atoms with Crippen molar-refractivity contribution in [3.8, 4) is 11.5 Å². The summed E-state index contributed by atoms with van der Waals surface area (Å²) in [5.74, 6) is 0.586. The second kappa shape index (κ2) is 7.14. The van der Waals surface area contributed by atoms with E-state index in [1.807, 2.05) is 0 Å². The lowest BCUT2D eigenvalue weighted by atomic mass is 10.3. The van der Waals surface area contributed by atoms with Crippen LogP contribution in [0.2, 0.25) is 0 Å². The molecule has 2 aromatic carbocycles. The van der Waals surface area contributed by atoms with Crippen molar-refractivity contribution in [2.45, 2.75) is 0 Å². The van der Waals surface area contributed by atoms with Gasteiger partial charge in [0.25, 0.3) is 5.91 Å². The highest BCUT2D eigenvalue weighted by Crippen LogP contribution is 2.16. The molecule has 2 aromatic rings. The molecule has 0 bridgehead atoms. The van der Waals surface area contributed by atoms with Crippen LogP contribution in [0.4, 0.5) is 10.1 Å². The number of halogens is 1. The fraction of sp³-hybridized carbons (Fsp3) is 0.133. The van der Waals surface area contributed by atoms with E-state index in [0.717, 1.165) is 0 Å². The number of hydrogen-bond acceptors (Lipinski definition) is 4. The molecule has 0 saturated carbocycles. The molecule has 110 valence electrons. The average molecular weight is 290 g/mol. The Labute approximate surface area is 121 Å². The normalized spacial score (nSPS) is 9.81. The number of amides is 1. The number of hydrogen-bond donors (Lipinski definition) is 2. The Kier molecular flexibility index (Phi) is 4.98. The summed E-state index contributed by atoms with van der Waals surface area (Å²) in [7, 11) is 1.57. The van der Waals surface area contributed by atoms with Crippen LogP contribution in [0.15, 0.2) is 48.5 Å². The van der Waals surface area contributed by atoms with Crippen LogP contribution in [0.1, 0.15) is 0 Å². The molecule has 2 N–H and O–H groups in total. The van der Waals surface area contributed by atoms with E-state index in [2.05, 4.69) is 10.9 Å². The fourth-order valence-electron chi connectivity index (χ4n) is 1.53. The Morgan fingerprint density at radius 2 is 1.67 bits per heavy atom. The van der Waals surface area contributed by atoms with Crippen molar-refractivity contribution in [3.05, 3.63) is 54.3 Å². The fourth-order valence-corrected chi connectivity index (χ4v) is 1.53. The molecule has 0 atom stereocenters. The van der Waals surface area contributed by atoms with E-state index < -0.39 is 0 Å². The van der Waals surface area contributed by atoms with Gasteiger partial charge < -0.3 is 9.47 Å². The molecular weight excluding hydrogens is 275 g/mol. The van der Waals surface area contributed by atoms with Gasteiger partial charge in [-0.3, -0.25) is 15.6 Å². The van der Waals surface area contributed by atoms with Crippen LogP contribution in [0.25, 0.3) is 0 Å². The molecule has 6 heteroatoms. The molecule has 0 fully saturated rings. The van der Waals surface area contributed by atoms with E-state index in [1.165, 1.54) is 24.3 Å². The van der Waals surface area contributed by atoms with Crippen LogP contribution in [0.5, 0.6) is 11.5 Å². The minimum absolute atomic E-state index is 0.138. The number of rotatable bonds is 6. The summed E-state index contributed by atoms with van der Waals surface area (Å²) in [6.45, 7) is -0.138. The first-order valence-electron chi connectivity index (χ1n) is 6.24. The van der Waals surface area contributed by atoms with Crippen LogP contribution < -0.4 is 20.3 Å². The molecule has 0 aliphatic carbocycles. The number of carbonyl (C=O) groups excluding carboxylic acids is 1. The number of hydrazine groups is 1. The largest absolute Gasteiger partial charge is 0.497 e. The van der Waals surface area contributed by atoms with Crippen LogP contribution in [0.3, 0.4) is 0 Å². The van der Waals surface area contributed by atoms with Crippen molar-refractivity contribution in [2.24, 2.45) is 0 Å². The molecule has 21 heavy (non-hydrogen) atoms. The van der Waals surface area contributed by atoms with E-state index in [4.69, 9.17) is 9.47 Å². The highest BCUT2D eigenvalue weighted by Gasteiger charge is 2.03. The van der Waals surface area contributed by atoms with Crippen molar-refractivity contribution in [1.29, 1.82) is 0 Å². The highest BCUT2D eigenvalue weighted by atomic mass is 19.1. The second-order valence-corrected chi connectivity index (χ2v) is 4.14. The summed E-state index contributed by atoms with van der Waals surface area (Å²) in [6.07, 6.45) is 0. The van der Waals surface area contributed by atoms with E-state index in [-0.39, 0.29) is 18.3 Å². The maximum absolute atomic E-state index is 12.7. The van der Waals surface area contributed by atoms with Gasteiger partial charge in [-0.1, -0.05) is 0 Å². The summed E-state index contributed by atoms with van der Waals surface area (Å²) in [4.78, 5) is 11.6. The number of benzene rings is 2. The zero-order chi connectivity index (χ0) is 15.1. The topological polar surface area (TPSA) is 59.6 Å². The maximum atomic E-state index is 12.7. The molecule has 0 radical (unpaired) electrons. The lowest BCUT2D eigenvalue weighted by Crippen LogP contribution is -2.33. The van der Waals surface area contributed by atoms with Gasteiger partial charge in [0.05, 0.1) is 12.8 Å². The van der Waals surface area contributed by atoms with E-state index in [9.17, 15) is 9.18 Å². The van der Waals surface area contributed by atoms with Crippen LogP contribution in [-0.4, -0.2) is 19.6 Å². The lowest BCUT2D eigenvalue weighted by Gasteiger charge is -2.10. The monoisotopic (exact) mass is 290 g/mol. The molecule has 0 saturated heterocycles. The van der Waals surface area contributed by atoms with Gasteiger partial charge in [-0.05, 0) is 48.5 Å². The number of ether oxygens (including phenoxy) is 2. The molecular formula is C15H15FN2O3. The average Bonchev–Trinajstić information content (AvgIpc) is 2.53. The van der Waals surface area contributed by atoms with Crippen molar-refractivity contribution < 1.29 is 18.7 Å². The van der Waals surface area contributed by atoms with Gasteiger partial charge in [-0.25, -0.2) is 4.39 Å². The third kappa shape index (κ3) is 4.68. The SMILES string of the molecule is COc1ccc(OCC(=O)NNc2ccc(F)cc2)cc1. The van der Waals surface area contributed by atoms with Gasteiger partial charge in [-0.2, -0.15) is 0 Å². The van der Waals surface area contributed by atoms with Crippen molar-refractivity contribution in [3.63, 3.8) is 0 Å². The third-order valence-electron chi connectivity index (χ3n) is 2.62. The maximum Gasteiger partial charge on any atom is 0.276 e. The Morgan fingerprint density at radius 1 is 1.05 bits per heavy atom. The molecule has 0 heterocycles. The summed E-state index contributed by atoms with van der Waals surface area (Å²) < 4.78 is 23.0. The summed E-state index contributed by atoms with van der Waals surface area (Å²) in [6, 6.07) is 12.5. The summed E-state index contributed by atoms with van der Waals surface area (Å²) >= 11 is 0. The molecule has 0 aliphatic heterocycles. The molecule has 5 nitrogen and oxygen atoms in total. The van der Waals surface area contributed by atoms with Crippen molar-refractivity contribution in [2.75, 3.05) is 19.1 Å². The summed E-state index contributed by atoms with van der Waals surface area (Å²) in [5.41, 5.74) is 5.69. The first-order chi connectivity index (χ1) is 10.2. The molecule has 0 spiro atoms. The predicted molar refractivity (Wildman–Crippen MR) is 76.7 cm³/mol. The Bertz CT molecular complexity index is 585. The minimum atomic E-state index is -0.352. The Hall–Kier alpha value is -2.76. The number of nitrogens with one attached hydrogen (secondary N) is 2. The van der Waals surface area contributed by atoms with Gasteiger partial charge in [0, 0.05) is 0 Å². The van der Waals surface area contributed by atoms with Gasteiger partial charge >= 0.3 is 0 Å². The van der Waals surface area contributed by atoms with Crippen LogP contribution in [-0.2, 0) is 4.79 Å². The van der Waals surface area contributed by atoms with E-state index in [1.54, 1.807) is 31.4 Å². The zero-order valence-corrected chi connectivity index (χ0v) is 11.4. The standard InChI is InChI=1S/C15H15FN2O3/c1-20-13-6-8-14(9-7-13)21-10-15(19)18-17-12-4-2-11(16)3-5-12/h2-9,17H,10H2,1H3,(H,18,19). The second-order valence-electron chi connectivity index (χ2n) is 4.14. The quantitative estimate of drug-likeness (QED) is 0.802. The molecule has 0 unspecified atom stereocenters. The molecule has 0 aliphatic rings. The minimum Gasteiger partial charge on any atom is -0.497 e. The van der Waals surface area contributed by atoms with Gasteiger partial charge in [0.1, 0.15) is 17.3 Å². The molecule has 0 aromatic heterocycles.